The van der Waals surface area contributed by atoms with E-state index in [1.807, 2.05) is 17.4 Å². The van der Waals surface area contributed by atoms with Gasteiger partial charge in [-0.15, -0.1) is 11.3 Å². The molecule has 8 aromatic carbocycles. The van der Waals surface area contributed by atoms with Crippen LogP contribution in [0.4, 0.5) is 11.4 Å². The summed E-state index contributed by atoms with van der Waals surface area (Å²) in [5.41, 5.74) is 19.1. The number of rotatable bonds is 3. The molecule has 13 rings (SSSR count). The van der Waals surface area contributed by atoms with Crippen LogP contribution in [-0.4, -0.2) is 11.8 Å². The average molecular weight is 788 g/mol. The normalized spacial score (nSPS) is 14.0. The summed E-state index contributed by atoms with van der Waals surface area (Å²) in [6, 6.07) is 54.3. The molecule has 60 heavy (non-hydrogen) atoms. The zero-order valence-corrected chi connectivity index (χ0v) is 35.0. The van der Waals surface area contributed by atoms with Crippen molar-refractivity contribution >= 4 is 105 Å². The molecule has 0 spiro atoms. The summed E-state index contributed by atoms with van der Waals surface area (Å²) in [7, 11) is 2.47. The van der Waals surface area contributed by atoms with E-state index in [0.29, 0.717) is 0 Å². The van der Waals surface area contributed by atoms with Crippen LogP contribution in [0.5, 0.6) is 0 Å². The highest BCUT2D eigenvalue weighted by Crippen LogP contribution is 2.50. The average Bonchev–Trinajstić information content (AvgIpc) is 3.96. The van der Waals surface area contributed by atoms with Crippen molar-refractivity contribution in [3.8, 4) is 27.9 Å². The number of fused-ring (bicyclic) bond motifs is 14. The molecule has 0 saturated heterocycles. The van der Waals surface area contributed by atoms with Crippen molar-refractivity contribution in [3.05, 3.63) is 162 Å². The molecule has 0 atom stereocenters. The Hall–Kier alpha value is -6.56. The fourth-order valence-electron chi connectivity index (χ4n) is 10.5. The highest BCUT2D eigenvalue weighted by atomic mass is 32.1. The summed E-state index contributed by atoms with van der Waals surface area (Å²) in [5, 5.41) is 11.3. The molecule has 3 aromatic heterocycles. The summed E-state index contributed by atoms with van der Waals surface area (Å²) >= 11 is 1.89. The van der Waals surface area contributed by atoms with Crippen molar-refractivity contribution in [1.29, 1.82) is 0 Å². The van der Waals surface area contributed by atoms with Crippen molar-refractivity contribution in [3.63, 3.8) is 0 Å². The molecule has 0 saturated carbocycles. The molecule has 1 aliphatic carbocycles. The zero-order chi connectivity index (χ0) is 40.2. The van der Waals surface area contributed by atoms with Gasteiger partial charge in [-0.3, -0.25) is 0 Å². The van der Waals surface area contributed by atoms with Gasteiger partial charge >= 0.3 is 0 Å². The Morgan fingerprint density at radius 3 is 2.22 bits per heavy atom. The fraction of sp³-hybridized carbons (Fsp3) is 0.127. The van der Waals surface area contributed by atoms with Gasteiger partial charge in [-0.25, -0.2) is 0 Å². The Morgan fingerprint density at radius 1 is 0.583 bits per heavy atom. The number of furan rings is 1. The van der Waals surface area contributed by atoms with Gasteiger partial charge in [0.2, 0.25) is 0 Å². The van der Waals surface area contributed by atoms with E-state index < -0.39 is 0 Å². The molecule has 2 aliphatic rings. The van der Waals surface area contributed by atoms with Gasteiger partial charge < -0.3 is 14.3 Å². The molecule has 0 amide bonds. The van der Waals surface area contributed by atoms with E-state index in [9.17, 15) is 0 Å². The fourth-order valence-corrected chi connectivity index (χ4v) is 11.6. The number of anilines is 2. The van der Waals surface area contributed by atoms with Gasteiger partial charge in [0.1, 0.15) is 11.2 Å². The summed E-state index contributed by atoms with van der Waals surface area (Å²) in [6.45, 7) is 11.5. The SMILES string of the molecule is CC(C)(C)c1ccc(Nc2cc3oc4ccccc4c3cc2-c2ccc3c4cc5c(cc4n4c3c2[B]c2cc3c(cc2-4)-c2ccccc2C3(C)C)sc2ccccc25)cc1. The van der Waals surface area contributed by atoms with Crippen LogP contribution in [0.15, 0.2) is 150 Å². The van der Waals surface area contributed by atoms with Crippen molar-refractivity contribution in [1.82, 2.24) is 4.57 Å². The van der Waals surface area contributed by atoms with Crippen LogP contribution < -0.4 is 16.2 Å². The first kappa shape index (κ1) is 34.3. The summed E-state index contributed by atoms with van der Waals surface area (Å²) in [5.74, 6) is 0. The van der Waals surface area contributed by atoms with Crippen LogP contribution >= 0.6 is 11.3 Å². The third-order valence-electron chi connectivity index (χ3n) is 13.6. The Labute approximate surface area is 353 Å². The van der Waals surface area contributed by atoms with Crippen LogP contribution in [0.2, 0.25) is 0 Å². The predicted octanol–water partition coefficient (Wildman–Crippen LogP) is 14.0. The van der Waals surface area contributed by atoms with E-state index in [0.717, 1.165) is 38.9 Å². The number of hydrogen-bond donors (Lipinski definition) is 1. The lowest BCUT2D eigenvalue weighted by molar-refractivity contribution is 0.590. The second kappa shape index (κ2) is 11.8. The highest BCUT2D eigenvalue weighted by molar-refractivity contribution is 7.25. The van der Waals surface area contributed by atoms with Gasteiger partial charge in [-0.05, 0) is 92.8 Å². The highest BCUT2D eigenvalue weighted by Gasteiger charge is 2.38. The van der Waals surface area contributed by atoms with E-state index in [1.54, 1.807) is 0 Å². The van der Waals surface area contributed by atoms with E-state index in [4.69, 9.17) is 4.42 Å². The Balaban J connectivity index is 1.11. The summed E-state index contributed by atoms with van der Waals surface area (Å²) in [4.78, 5) is 0. The number of thiophene rings is 1. The second-order valence-electron chi connectivity index (χ2n) is 18.4. The van der Waals surface area contributed by atoms with Gasteiger partial charge in [0.15, 0.2) is 7.28 Å². The summed E-state index contributed by atoms with van der Waals surface area (Å²) < 4.78 is 11.8. The molecule has 5 heteroatoms. The van der Waals surface area contributed by atoms with E-state index in [-0.39, 0.29) is 10.8 Å². The van der Waals surface area contributed by atoms with Gasteiger partial charge in [-0.2, -0.15) is 0 Å². The molecule has 11 aromatic rings. The summed E-state index contributed by atoms with van der Waals surface area (Å²) in [6.07, 6.45) is 0. The van der Waals surface area contributed by atoms with E-state index in [1.165, 1.54) is 92.0 Å². The first-order valence-corrected chi connectivity index (χ1v) is 21.8. The molecule has 0 bridgehead atoms. The van der Waals surface area contributed by atoms with Crippen LogP contribution in [0.3, 0.4) is 0 Å². The molecule has 285 valence electrons. The molecule has 0 unspecified atom stereocenters. The first-order valence-electron chi connectivity index (χ1n) is 21.0. The Kier molecular flexibility index (Phi) is 6.75. The third kappa shape index (κ3) is 4.67. The number of aromatic nitrogens is 1. The standard InChI is InChI=1S/C55H40BN2OS/c1-54(2,3)30-18-20-31(21-19-30)57-45-28-49-40(33-13-7-10-16-48(33)59-49)24-38(45)35-22-23-36-39-25-41-34-14-8-11-17-50(34)60-51(41)29-46(39)58-47-26-37-32-12-6-9-15-42(32)55(4,5)43(37)27-44(47)56-52(35)53(36)58/h6-29,57H,1-5H3. The number of hydrogen-bond acceptors (Lipinski definition) is 3. The molecular formula is C55H40BN2OS. The van der Waals surface area contributed by atoms with Crippen LogP contribution in [0.25, 0.3) is 91.9 Å². The van der Waals surface area contributed by atoms with Crippen molar-refractivity contribution < 1.29 is 4.42 Å². The monoisotopic (exact) mass is 787 g/mol. The predicted molar refractivity (Wildman–Crippen MR) is 257 cm³/mol. The molecule has 1 aliphatic heterocycles. The molecule has 0 fully saturated rings. The largest absolute Gasteiger partial charge is 0.456 e. The minimum atomic E-state index is -0.112. The third-order valence-corrected chi connectivity index (χ3v) is 14.7. The molecule has 1 radical (unpaired) electrons. The van der Waals surface area contributed by atoms with Gasteiger partial charge in [0.25, 0.3) is 0 Å². The van der Waals surface area contributed by atoms with Gasteiger partial charge in [0.05, 0.1) is 11.2 Å². The minimum absolute atomic E-state index is 0.0693. The molecule has 1 N–H and O–H groups in total. The van der Waals surface area contributed by atoms with Gasteiger partial charge in [0, 0.05) is 75.7 Å². The molecule has 3 nitrogen and oxygen atoms in total. The maximum Gasteiger partial charge on any atom is 0.197 e. The Bertz CT molecular complexity index is 3670. The minimum Gasteiger partial charge on any atom is -0.456 e. The number of nitrogens with one attached hydrogen (secondary N) is 1. The lowest BCUT2D eigenvalue weighted by atomic mass is 9.58. The smallest absolute Gasteiger partial charge is 0.197 e. The lowest BCUT2D eigenvalue weighted by Gasteiger charge is -2.27. The zero-order valence-electron chi connectivity index (χ0n) is 34.2. The first-order chi connectivity index (χ1) is 29.1. The lowest BCUT2D eigenvalue weighted by Crippen LogP contribution is -2.38. The van der Waals surface area contributed by atoms with Crippen LogP contribution in [0.1, 0.15) is 51.3 Å². The maximum atomic E-state index is 6.53. The number of benzene rings is 8. The molecule has 4 heterocycles. The second-order valence-corrected chi connectivity index (χ2v) is 19.5. The maximum absolute atomic E-state index is 6.53. The van der Waals surface area contributed by atoms with E-state index in [2.05, 4.69) is 191 Å². The van der Waals surface area contributed by atoms with Gasteiger partial charge in [-0.1, -0.05) is 131 Å². The van der Waals surface area contributed by atoms with Crippen molar-refractivity contribution in [2.75, 3.05) is 5.32 Å². The van der Waals surface area contributed by atoms with Crippen LogP contribution in [0, 0.1) is 0 Å². The quantitative estimate of drug-likeness (QED) is 0.181. The van der Waals surface area contributed by atoms with Crippen molar-refractivity contribution in [2.24, 2.45) is 0 Å². The topological polar surface area (TPSA) is 30.1 Å². The van der Waals surface area contributed by atoms with Crippen molar-refractivity contribution in [2.45, 2.75) is 45.4 Å². The number of para-hydroxylation sites is 1. The Morgan fingerprint density at radius 2 is 1.37 bits per heavy atom. The molecular weight excluding hydrogens is 747 g/mol. The van der Waals surface area contributed by atoms with E-state index >= 15 is 0 Å². The van der Waals surface area contributed by atoms with Crippen LogP contribution in [-0.2, 0) is 10.8 Å². The number of nitrogens with zero attached hydrogens (tertiary/aromatic N) is 1.